The maximum Gasteiger partial charge on any atom is 0.249 e. The largest absolute Gasteiger partial charge is 0.368 e. The Morgan fingerprint density at radius 3 is 2.71 bits per heavy atom. The van der Waals surface area contributed by atoms with Gasteiger partial charge in [-0.25, -0.2) is 0 Å². The Hall–Kier alpha value is -0.570. The average molecular weight is 199 g/mol. The molecule has 0 aliphatic carbocycles. The lowest BCUT2D eigenvalue weighted by Crippen LogP contribution is -2.36. The molecule has 1 rings (SSSR count). The van der Waals surface area contributed by atoms with Crippen molar-refractivity contribution in [3.05, 3.63) is 0 Å². The van der Waals surface area contributed by atoms with Crippen LogP contribution in [0.15, 0.2) is 0 Å². The highest BCUT2D eigenvalue weighted by molar-refractivity contribution is 5.80. The number of amides is 1. The molecule has 3 nitrogen and oxygen atoms in total. The van der Waals surface area contributed by atoms with E-state index in [1.165, 1.54) is 0 Å². The van der Waals surface area contributed by atoms with E-state index in [2.05, 4.69) is 19.2 Å². The number of rotatable bonds is 5. The van der Waals surface area contributed by atoms with Crippen molar-refractivity contribution in [1.82, 2.24) is 5.32 Å². The van der Waals surface area contributed by atoms with Crippen LogP contribution in [0, 0.1) is 5.92 Å². The second-order valence-corrected chi connectivity index (χ2v) is 3.93. The van der Waals surface area contributed by atoms with Gasteiger partial charge in [0.1, 0.15) is 6.10 Å². The third-order valence-corrected chi connectivity index (χ3v) is 2.94. The number of hydrogen-bond donors (Lipinski definition) is 1. The smallest absolute Gasteiger partial charge is 0.249 e. The third kappa shape index (κ3) is 3.29. The summed E-state index contributed by atoms with van der Waals surface area (Å²) in [5, 5.41) is 2.96. The fourth-order valence-corrected chi connectivity index (χ4v) is 1.72. The molecule has 1 fully saturated rings. The molecule has 0 aromatic rings. The highest BCUT2D eigenvalue weighted by Gasteiger charge is 2.23. The molecule has 82 valence electrons. The van der Waals surface area contributed by atoms with Crippen molar-refractivity contribution >= 4 is 5.91 Å². The quantitative estimate of drug-likeness (QED) is 0.732. The van der Waals surface area contributed by atoms with E-state index in [-0.39, 0.29) is 12.0 Å². The molecule has 1 N–H and O–H groups in total. The van der Waals surface area contributed by atoms with Crippen LogP contribution >= 0.6 is 0 Å². The second-order valence-electron chi connectivity index (χ2n) is 3.93. The summed E-state index contributed by atoms with van der Waals surface area (Å²) < 4.78 is 5.30. The van der Waals surface area contributed by atoms with Crippen molar-refractivity contribution in [2.75, 3.05) is 13.2 Å². The summed E-state index contributed by atoms with van der Waals surface area (Å²) in [4.78, 5) is 11.5. The molecule has 1 atom stereocenters. The molecule has 1 heterocycles. The van der Waals surface area contributed by atoms with Crippen molar-refractivity contribution in [2.45, 2.75) is 45.6 Å². The van der Waals surface area contributed by atoms with Crippen molar-refractivity contribution < 1.29 is 9.53 Å². The van der Waals surface area contributed by atoms with Crippen LogP contribution in [0.25, 0.3) is 0 Å². The molecule has 3 heteroatoms. The number of nitrogens with one attached hydrogen (secondary N) is 1. The molecule has 0 spiro atoms. The number of carbonyl (C=O) groups excluding carboxylic acids is 1. The zero-order valence-corrected chi connectivity index (χ0v) is 9.21. The lowest BCUT2D eigenvalue weighted by atomic mass is 10.0. The third-order valence-electron chi connectivity index (χ3n) is 2.94. The summed E-state index contributed by atoms with van der Waals surface area (Å²) in [7, 11) is 0. The minimum absolute atomic E-state index is 0.0781. The highest BCUT2D eigenvalue weighted by atomic mass is 16.5. The first-order valence-electron chi connectivity index (χ1n) is 5.67. The molecule has 1 saturated heterocycles. The Kier molecular flexibility index (Phi) is 4.94. The van der Waals surface area contributed by atoms with Gasteiger partial charge in [0.2, 0.25) is 5.91 Å². The summed E-state index contributed by atoms with van der Waals surface area (Å²) in [5.74, 6) is 0.690. The maximum absolute atomic E-state index is 11.5. The fraction of sp³-hybridized carbons (Fsp3) is 0.909. The van der Waals surface area contributed by atoms with E-state index in [0.29, 0.717) is 5.92 Å². The van der Waals surface area contributed by atoms with Crippen LogP contribution in [0.3, 0.4) is 0 Å². The monoisotopic (exact) mass is 199 g/mol. The highest BCUT2D eigenvalue weighted by Crippen LogP contribution is 2.12. The predicted molar refractivity (Wildman–Crippen MR) is 56.1 cm³/mol. The van der Waals surface area contributed by atoms with Crippen LogP contribution in [0.4, 0.5) is 0 Å². The predicted octanol–water partition coefficient (Wildman–Crippen LogP) is 1.72. The minimum Gasteiger partial charge on any atom is -0.368 e. The van der Waals surface area contributed by atoms with Gasteiger partial charge in [-0.2, -0.15) is 0 Å². The van der Waals surface area contributed by atoms with E-state index in [4.69, 9.17) is 4.74 Å². The van der Waals surface area contributed by atoms with Gasteiger partial charge in [0.25, 0.3) is 0 Å². The molecule has 0 saturated carbocycles. The normalized spacial score (nSPS) is 21.5. The standard InChI is InChI=1S/C11H21NO2/c1-3-9(4-2)8-12-11(13)10-6-5-7-14-10/h9-10H,3-8H2,1-2H3,(H,12,13). The molecular weight excluding hydrogens is 178 g/mol. The van der Waals surface area contributed by atoms with Crippen LogP contribution in [0.1, 0.15) is 39.5 Å². The van der Waals surface area contributed by atoms with E-state index >= 15 is 0 Å². The van der Waals surface area contributed by atoms with Gasteiger partial charge >= 0.3 is 0 Å². The molecule has 1 unspecified atom stereocenters. The molecule has 0 radical (unpaired) electrons. The maximum atomic E-state index is 11.5. The Balaban J connectivity index is 2.19. The van der Waals surface area contributed by atoms with Gasteiger partial charge in [0, 0.05) is 13.2 Å². The Bertz CT molecular complexity index is 172. The lowest BCUT2D eigenvalue weighted by Gasteiger charge is -2.15. The van der Waals surface area contributed by atoms with Gasteiger partial charge in [-0.1, -0.05) is 26.7 Å². The first-order valence-corrected chi connectivity index (χ1v) is 5.67. The van der Waals surface area contributed by atoms with Crippen LogP contribution in [0.2, 0.25) is 0 Å². The van der Waals surface area contributed by atoms with Gasteiger partial charge in [0.15, 0.2) is 0 Å². The van der Waals surface area contributed by atoms with Gasteiger partial charge < -0.3 is 10.1 Å². The molecule has 1 aliphatic rings. The molecule has 1 aliphatic heterocycles. The van der Waals surface area contributed by atoms with Crippen LogP contribution < -0.4 is 5.32 Å². The molecule has 1 amide bonds. The summed E-state index contributed by atoms with van der Waals surface area (Å²) in [6, 6.07) is 0. The van der Waals surface area contributed by atoms with E-state index in [1.54, 1.807) is 0 Å². The zero-order valence-electron chi connectivity index (χ0n) is 9.21. The van der Waals surface area contributed by atoms with Gasteiger partial charge in [-0.3, -0.25) is 4.79 Å². The minimum atomic E-state index is -0.177. The lowest BCUT2D eigenvalue weighted by molar-refractivity contribution is -0.130. The van der Waals surface area contributed by atoms with Crippen molar-refractivity contribution in [3.63, 3.8) is 0 Å². The van der Waals surface area contributed by atoms with Gasteiger partial charge in [-0.15, -0.1) is 0 Å². The number of carbonyl (C=O) groups is 1. The Morgan fingerprint density at radius 2 is 2.21 bits per heavy atom. The number of hydrogen-bond acceptors (Lipinski definition) is 2. The van der Waals surface area contributed by atoms with Crippen LogP contribution in [-0.2, 0) is 9.53 Å². The molecular formula is C11H21NO2. The van der Waals surface area contributed by atoms with Crippen molar-refractivity contribution in [1.29, 1.82) is 0 Å². The van der Waals surface area contributed by atoms with Crippen molar-refractivity contribution in [3.8, 4) is 0 Å². The summed E-state index contributed by atoms with van der Waals surface area (Å²) in [5.41, 5.74) is 0. The van der Waals surface area contributed by atoms with Gasteiger partial charge in [0.05, 0.1) is 0 Å². The first kappa shape index (κ1) is 11.5. The van der Waals surface area contributed by atoms with Crippen LogP contribution in [0.5, 0.6) is 0 Å². The first-order chi connectivity index (χ1) is 6.77. The topological polar surface area (TPSA) is 38.3 Å². The van der Waals surface area contributed by atoms with E-state index in [1.807, 2.05) is 0 Å². The molecule has 0 aromatic heterocycles. The summed E-state index contributed by atoms with van der Waals surface area (Å²) >= 11 is 0. The second kappa shape index (κ2) is 6.02. The fourth-order valence-electron chi connectivity index (χ4n) is 1.72. The SMILES string of the molecule is CCC(CC)CNC(=O)C1CCCO1. The molecule has 0 bridgehead atoms. The number of ether oxygens (including phenoxy) is 1. The molecule has 0 aromatic carbocycles. The van der Waals surface area contributed by atoms with Crippen LogP contribution in [-0.4, -0.2) is 25.2 Å². The van der Waals surface area contributed by atoms with E-state index in [0.717, 1.165) is 38.8 Å². The Labute approximate surface area is 86.2 Å². The van der Waals surface area contributed by atoms with E-state index < -0.39 is 0 Å². The summed E-state index contributed by atoms with van der Waals surface area (Å²) in [6.45, 7) is 5.85. The molecule has 14 heavy (non-hydrogen) atoms. The Morgan fingerprint density at radius 1 is 1.50 bits per heavy atom. The average Bonchev–Trinajstić information content (AvgIpc) is 2.72. The zero-order chi connectivity index (χ0) is 10.4. The van der Waals surface area contributed by atoms with Crippen molar-refractivity contribution in [2.24, 2.45) is 5.92 Å². The van der Waals surface area contributed by atoms with Gasteiger partial charge in [-0.05, 0) is 18.8 Å². The van der Waals surface area contributed by atoms with E-state index in [9.17, 15) is 4.79 Å². The summed E-state index contributed by atoms with van der Waals surface area (Å²) in [6.07, 6.45) is 3.98.